The summed E-state index contributed by atoms with van der Waals surface area (Å²) in [5.41, 5.74) is 3.76. The number of aryl methyl sites for hydroxylation is 1. The van der Waals surface area contributed by atoms with E-state index in [1.54, 1.807) is 29.8 Å². The smallest absolute Gasteiger partial charge is 0.220 e. The van der Waals surface area contributed by atoms with Gasteiger partial charge >= 0.3 is 0 Å². The van der Waals surface area contributed by atoms with Crippen LogP contribution in [0.4, 0.5) is 4.39 Å². The van der Waals surface area contributed by atoms with E-state index in [4.69, 9.17) is 0 Å². The maximum atomic E-state index is 13.5. The third-order valence-corrected chi connectivity index (χ3v) is 6.74. The second-order valence-corrected chi connectivity index (χ2v) is 9.10. The number of hydrogen-bond donors (Lipinski definition) is 1. The van der Waals surface area contributed by atoms with Gasteiger partial charge in [-0.25, -0.2) is 14.4 Å². The number of nitrogens with zero attached hydrogens (tertiary/aromatic N) is 3. The second kappa shape index (κ2) is 9.50. The van der Waals surface area contributed by atoms with E-state index in [2.05, 4.69) is 21.4 Å². The fourth-order valence-corrected chi connectivity index (χ4v) is 4.98. The van der Waals surface area contributed by atoms with Crippen LogP contribution in [0.5, 0.6) is 0 Å². The molecule has 5 nitrogen and oxygen atoms in total. The number of aromatic nitrogens is 3. The summed E-state index contributed by atoms with van der Waals surface area (Å²) >= 11 is 1.68. The number of nitrogens with one attached hydrogen (secondary N) is 1. The average molecular weight is 459 g/mol. The van der Waals surface area contributed by atoms with Gasteiger partial charge in [0, 0.05) is 13.0 Å². The second-order valence-electron chi connectivity index (χ2n) is 7.99. The predicted octanol–water partition coefficient (Wildman–Crippen LogP) is 5.67. The van der Waals surface area contributed by atoms with E-state index < -0.39 is 0 Å². The highest BCUT2D eigenvalue weighted by molar-refractivity contribution is 7.18. The minimum Gasteiger partial charge on any atom is -0.347 e. The average Bonchev–Trinajstić information content (AvgIpc) is 3.43. The summed E-state index contributed by atoms with van der Waals surface area (Å²) in [6, 6.07) is 21.9. The lowest BCUT2D eigenvalue weighted by Crippen LogP contribution is -2.31. The molecule has 5 aromatic rings. The summed E-state index contributed by atoms with van der Waals surface area (Å²) in [4.78, 5) is 21.9. The molecule has 0 saturated carbocycles. The Kier molecular flexibility index (Phi) is 6.13. The molecule has 166 valence electrons. The summed E-state index contributed by atoms with van der Waals surface area (Å²) in [5.74, 6) is -0.331. The van der Waals surface area contributed by atoms with Crippen LogP contribution in [0.25, 0.3) is 21.3 Å². The molecule has 0 aliphatic carbocycles. The van der Waals surface area contributed by atoms with Crippen molar-refractivity contribution in [2.75, 3.05) is 0 Å². The van der Waals surface area contributed by atoms with Crippen LogP contribution in [0.3, 0.4) is 0 Å². The monoisotopic (exact) mass is 458 g/mol. The van der Waals surface area contributed by atoms with Crippen LogP contribution in [0.1, 0.15) is 29.5 Å². The molecule has 2 aromatic heterocycles. The van der Waals surface area contributed by atoms with E-state index in [0.717, 1.165) is 40.0 Å². The normalized spacial score (nSPS) is 12.3. The van der Waals surface area contributed by atoms with Crippen LogP contribution in [-0.4, -0.2) is 20.4 Å². The minimum absolute atomic E-state index is 0.0325. The number of thiazole rings is 1. The van der Waals surface area contributed by atoms with Crippen molar-refractivity contribution >= 4 is 38.5 Å². The van der Waals surface area contributed by atoms with Crippen molar-refractivity contribution in [2.24, 2.45) is 0 Å². The molecule has 1 amide bonds. The van der Waals surface area contributed by atoms with Gasteiger partial charge in [0.25, 0.3) is 0 Å². The molecular weight excluding hydrogens is 435 g/mol. The van der Waals surface area contributed by atoms with Gasteiger partial charge < -0.3 is 9.88 Å². The highest BCUT2D eigenvalue weighted by Gasteiger charge is 2.17. The highest BCUT2D eigenvalue weighted by atomic mass is 32.1. The van der Waals surface area contributed by atoms with E-state index in [1.807, 2.05) is 47.0 Å². The third kappa shape index (κ3) is 4.93. The molecule has 1 N–H and O–H groups in total. The molecule has 33 heavy (non-hydrogen) atoms. The fourth-order valence-electron chi connectivity index (χ4n) is 3.98. The first-order valence-corrected chi connectivity index (χ1v) is 11.8. The Labute approximate surface area is 194 Å². The van der Waals surface area contributed by atoms with Crippen LogP contribution in [0.2, 0.25) is 0 Å². The molecular formula is C26H23FN4OS. The first-order valence-electron chi connectivity index (χ1n) is 10.9. The highest BCUT2D eigenvalue weighted by Crippen LogP contribution is 2.23. The number of carbonyl (C=O) groups excluding carboxylic acids is 1. The Morgan fingerprint density at radius 2 is 1.76 bits per heavy atom. The van der Waals surface area contributed by atoms with Crippen LogP contribution < -0.4 is 5.32 Å². The molecule has 0 aliphatic heterocycles. The molecule has 7 heteroatoms. The number of halogens is 1. The SMILES string of the molecule is O=C(CCCc1nc2ccccc2s1)NC(Cn1cnc2ccccc21)c1ccc(F)cc1. The summed E-state index contributed by atoms with van der Waals surface area (Å²) < 4.78 is 16.7. The van der Waals surface area contributed by atoms with Crippen molar-refractivity contribution < 1.29 is 9.18 Å². The molecule has 0 radical (unpaired) electrons. The Bertz CT molecular complexity index is 1360. The number of amides is 1. The quantitative estimate of drug-likeness (QED) is 0.326. The van der Waals surface area contributed by atoms with Crippen LogP contribution >= 0.6 is 11.3 Å². The topological polar surface area (TPSA) is 59.8 Å². The van der Waals surface area contributed by atoms with Crippen LogP contribution in [0.15, 0.2) is 79.1 Å². The molecule has 1 unspecified atom stereocenters. The summed E-state index contributed by atoms with van der Waals surface area (Å²) in [6.45, 7) is 0.510. The lowest BCUT2D eigenvalue weighted by atomic mass is 10.1. The van der Waals surface area contributed by atoms with Crippen molar-refractivity contribution in [3.05, 3.63) is 95.5 Å². The third-order valence-electron chi connectivity index (χ3n) is 5.65. The minimum atomic E-state index is -0.298. The van der Waals surface area contributed by atoms with Gasteiger partial charge in [0.05, 0.1) is 38.6 Å². The zero-order valence-electron chi connectivity index (χ0n) is 17.9. The van der Waals surface area contributed by atoms with Gasteiger partial charge in [-0.05, 0) is 54.8 Å². The van der Waals surface area contributed by atoms with Gasteiger partial charge in [0.2, 0.25) is 5.91 Å². The predicted molar refractivity (Wildman–Crippen MR) is 130 cm³/mol. The maximum Gasteiger partial charge on any atom is 0.220 e. The molecule has 0 fully saturated rings. The summed E-state index contributed by atoms with van der Waals surface area (Å²) in [7, 11) is 0. The Morgan fingerprint density at radius 3 is 2.58 bits per heavy atom. The molecule has 1 atom stereocenters. The number of hydrogen-bond acceptors (Lipinski definition) is 4. The number of rotatable bonds is 8. The Morgan fingerprint density at radius 1 is 1.00 bits per heavy atom. The number of imidazole rings is 1. The molecule has 0 spiro atoms. The maximum absolute atomic E-state index is 13.5. The van der Waals surface area contributed by atoms with Gasteiger partial charge in [0.1, 0.15) is 5.82 Å². The van der Waals surface area contributed by atoms with Gasteiger partial charge in [-0.2, -0.15) is 0 Å². The van der Waals surface area contributed by atoms with Crippen molar-refractivity contribution in [1.29, 1.82) is 0 Å². The molecule has 5 rings (SSSR count). The van der Waals surface area contributed by atoms with Gasteiger partial charge in [-0.15, -0.1) is 11.3 Å². The van der Waals surface area contributed by atoms with E-state index in [-0.39, 0.29) is 17.8 Å². The van der Waals surface area contributed by atoms with E-state index in [1.165, 1.54) is 16.8 Å². The number of para-hydroxylation sites is 3. The van der Waals surface area contributed by atoms with E-state index >= 15 is 0 Å². The number of carbonyl (C=O) groups is 1. The van der Waals surface area contributed by atoms with Gasteiger partial charge in [0.15, 0.2) is 0 Å². The fraction of sp³-hybridized carbons (Fsp3) is 0.192. The summed E-state index contributed by atoms with van der Waals surface area (Å²) in [5, 5.41) is 4.19. The van der Waals surface area contributed by atoms with E-state index in [0.29, 0.717) is 13.0 Å². The van der Waals surface area contributed by atoms with Crippen molar-refractivity contribution in [3.8, 4) is 0 Å². The first kappa shape index (κ1) is 21.3. The van der Waals surface area contributed by atoms with Crippen LogP contribution in [-0.2, 0) is 17.8 Å². The van der Waals surface area contributed by atoms with E-state index in [9.17, 15) is 9.18 Å². The largest absolute Gasteiger partial charge is 0.347 e. The molecule has 0 bridgehead atoms. The van der Waals surface area contributed by atoms with Crippen molar-refractivity contribution in [3.63, 3.8) is 0 Å². The molecule has 2 heterocycles. The number of benzene rings is 3. The first-order chi connectivity index (χ1) is 16.2. The Balaban J connectivity index is 1.26. The molecule has 3 aromatic carbocycles. The molecule has 0 aliphatic rings. The lowest BCUT2D eigenvalue weighted by Gasteiger charge is -2.20. The zero-order valence-corrected chi connectivity index (χ0v) is 18.8. The molecule has 0 saturated heterocycles. The van der Waals surface area contributed by atoms with Gasteiger partial charge in [-0.1, -0.05) is 36.4 Å². The summed E-state index contributed by atoms with van der Waals surface area (Å²) in [6.07, 6.45) is 3.66. The van der Waals surface area contributed by atoms with Gasteiger partial charge in [-0.3, -0.25) is 4.79 Å². The zero-order chi connectivity index (χ0) is 22.6. The standard InChI is InChI=1S/C26H23FN4OS/c27-19-14-12-18(13-15-19)22(16-31-17-28-20-6-1-3-8-23(20)31)29-25(32)10-5-11-26-30-21-7-2-4-9-24(21)33-26/h1-4,6-9,12-15,17,22H,5,10-11,16H2,(H,29,32). The number of fused-ring (bicyclic) bond motifs is 2. The van der Waals surface area contributed by atoms with Crippen molar-refractivity contribution in [1.82, 2.24) is 19.9 Å². The van der Waals surface area contributed by atoms with Crippen molar-refractivity contribution in [2.45, 2.75) is 31.8 Å². The van der Waals surface area contributed by atoms with Crippen LogP contribution in [0, 0.1) is 5.82 Å². The lowest BCUT2D eigenvalue weighted by molar-refractivity contribution is -0.122. The Hall–Kier alpha value is -3.58.